The summed E-state index contributed by atoms with van der Waals surface area (Å²) in [6.45, 7) is 2.63. The van der Waals surface area contributed by atoms with Crippen LogP contribution in [0.3, 0.4) is 0 Å². The molecule has 0 radical (unpaired) electrons. The molecule has 2 unspecified atom stereocenters. The average Bonchev–Trinajstić information content (AvgIpc) is 2.64. The number of hydrogen-bond donors (Lipinski definition) is 1. The Morgan fingerprint density at radius 1 is 1.53 bits per heavy atom. The smallest absolute Gasteiger partial charge is 0.249 e. The summed E-state index contributed by atoms with van der Waals surface area (Å²) in [6.07, 6.45) is 4.01. The second-order valence-corrected chi connectivity index (χ2v) is 3.92. The number of nitrogens with one attached hydrogen (secondary N) is 1. The van der Waals surface area contributed by atoms with Crippen LogP contribution in [0.4, 0.5) is 0 Å². The molecule has 1 saturated heterocycles. The van der Waals surface area contributed by atoms with Crippen molar-refractivity contribution >= 4 is 5.91 Å². The van der Waals surface area contributed by atoms with Crippen LogP contribution in [0.15, 0.2) is 0 Å². The van der Waals surface area contributed by atoms with Crippen molar-refractivity contribution in [1.29, 1.82) is 5.26 Å². The molecule has 15 heavy (non-hydrogen) atoms. The molecule has 0 aromatic heterocycles. The van der Waals surface area contributed by atoms with E-state index in [4.69, 9.17) is 10.00 Å². The first-order valence-corrected chi connectivity index (χ1v) is 5.54. The third kappa shape index (κ3) is 4.30. The van der Waals surface area contributed by atoms with Crippen LogP contribution in [-0.2, 0) is 9.53 Å². The Morgan fingerprint density at radius 3 is 2.93 bits per heavy atom. The van der Waals surface area contributed by atoms with Gasteiger partial charge >= 0.3 is 0 Å². The first-order valence-electron chi connectivity index (χ1n) is 5.54. The Morgan fingerprint density at radius 2 is 2.33 bits per heavy atom. The summed E-state index contributed by atoms with van der Waals surface area (Å²) >= 11 is 0. The molecule has 1 aliphatic rings. The normalized spacial score (nSPS) is 24.8. The Bertz CT molecular complexity index is 247. The van der Waals surface area contributed by atoms with E-state index in [-0.39, 0.29) is 18.1 Å². The van der Waals surface area contributed by atoms with E-state index in [2.05, 4.69) is 11.4 Å². The Kier molecular flexibility index (Phi) is 5.13. The summed E-state index contributed by atoms with van der Waals surface area (Å²) in [5.41, 5.74) is 0. The van der Waals surface area contributed by atoms with E-state index in [0.717, 1.165) is 25.7 Å². The zero-order valence-electron chi connectivity index (χ0n) is 9.16. The van der Waals surface area contributed by atoms with Crippen molar-refractivity contribution in [2.24, 2.45) is 0 Å². The molecular formula is C11H18N2O2. The molecule has 1 aliphatic heterocycles. The minimum Gasteiger partial charge on any atom is -0.365 e. The van der Waals surface area contributed by atoms with Gasteiger partial charge < -0.3 is 10.1 Å². The molecule has 0 aromatic carbocycles. The Labute approximate surface area is 90.6 Å². The van der Waals surface area contributed by atoms with Crippen molar-refractivity contribution in [2.75, 3.05) is 6.54 Å². The third-order valence-electron chi connectivity index (χ3n) is 2.54. The van der Waals surface area contributed by atoms with Crippen molar-refractivity contribution in [3.63, 3.8) is 0 Å². The lowest BCUT2D eigenvalue weighted by atomic mass is 10.2. The first kappa shape index (κ1) is 12.0. The third-order valence-corrected chi connectivity index (χ3v) is 2.54. The van der Waals surface area contributed by atoms with Crippen molar-refractivity contribution in [3.8, 4) is 6.07 Å². The van der Waals surface area contributed by atoms with Crippen LogP contribution < -0.4 is 5.32 Å². The maximum atomic E-state index is 11.5. The SMILES string of the molecule is CC1CCC(C(=O)NCCCCC#N)O1. The fourth-order valence-electron chi connectivity index (χ4n) is 1.65. The standard InChI is InChI=1S/C11H18N2O2/c1-9-5-6-10(15-9)11(14)13-8-4-2-3-7-12/h9-10H,2-6,8H2,1H3,(H,13,14). The molecule has 2 atom stereocenters. The van der Waals surface area contributed by atoms with E-state index in [1.165, 1.54) is 0 Å². The van der Waals surface area contributed by atoms with Gasteiger partial charge in [0.05, 0.1) is 12.2 Å². The zero-order chi connectivity index (χ0) is 11.1. The molecule has 0 spiro atoms. The van der Waals surface area contributed by atoms with Gasteiger partial charge in [-0.25, -0.2) is 0 Å². The van der Waals surface area contributed by atoms with Gasteiger partial charge in [0.15, 0.2) is 0 Å². The Balaban J connectivity index is 2.06. The maximum Gasteiger partial charge on any atom is 0.249 e. The maximum absolute atomic E-state index is 11.5. The number of unbranched alkanes of at least 4 members (excludes halogenated alkanes) is 2. The highest BCUT2D eigenvalue weighted by Crippen LogP contribution is 2.18. The zero-order valence-corrected chi connectivity index (χ0v) is 9.16. The molecule has 0 aromatic rings. The van der Waals surface area contributed by atoms with Crippen LogP contribution in [0.1, 0.15) is 39.0 Å². The predicted molar refractivity (Wildman–Crippen MR) is 56.0 cm³/mol. The number of rotatable bonds is 5. The number of ether oxygens (including phenoxy) is 1. The van der Waals surface area contributed by atoms with Crippen molar-refractivity contribution in [3.05, 3.63) is 0 Å². The van der Waals surface area contributed by atoms with Crippen LogP contribution in [0.5, 0.6) is 0 Å². The van der Waals surface area contributed by atoms with E-state index in [0.29, 0.717) is 13.0 Å². The molecular weight excluding hydrogens is 192 g/mol. The highest BCUT2D eigenvalue weighted by atomic mass is 16.5. The van der Waals surface area contributed by atoms with Crippen molar-refractivity contribution < 1.29 is 9.53 Å². The molecule has 0 aliphatic carbocycles. The second kappa shape index (κ2) is 6.41. The summed E-state index contributed by atoms with van der Waals surface area (Å²) in [4.78, 5) is 11.5. The molecule has 1 fully saturated rings. The van der Waals surface area contributed by atoms with Crippen LogP contribution in [-0.4, -0.2) is 24.7 Å². The quantitative estimate of drug-likeness (QED) is 0.697. The van der Waals surface area contributed by atoms with Gasteiger partial charge in [-0.15, -0.1) is 0 Å². The summed E-state index contributed by atoms with van der Waals surface area (Å²) in [5.74, 6) is -0.00342. The first-order chi connectivity index (χ1) is 7.24. The average molecular weight is 210 g/mol. The minimum atomic E-state index is -0.254. The molecule has 4 heteroatoms. The Hall–Kier alpha value is -1.08. The van der Waals surface area contributed by atoms with E-state index < -0.39 is 0 Å². The van der Waals surface area contributed by atoms with E-state index in [1.54, 1.807) is 0 Å². The summed E-state index contributed by atoms with van der Waals surface area (Å²) in [5, 5.41) is 11.1. The van der Waals surface area contributed by atoms with Gasteiger partial charge in [0.2, 0.25) is 5.91 Å². The van der Waals surface area contributed by atoms with Crippen LogP contribution in [0.25, 0.3) is 0 Å². The van der Waals surface area contributed by atoms with Gasteiger partial charge in [-0.1, -0.05) is 0 Å². The van der Waals surface area contributed by atoms with E-state index >= 15 is 0 Å². The molecule has 1 heterocycles. The highest BCUT2D eigenvalue weighted by Gasteiger charge is 2.27. The number of amides is 1. The highest BCUT2D eigenvalue weighted by molar-refractivity contribution is 5.80. The monoisotopic (exact) mass is 210 g/mol. The van der Waals surface area contributed by atoms with Crippen LogP contribution >= 0.6 is 0 Å². The van der Waals surface area contributed by atoms with E-state index in [1.807, 2.05) is 6.92 Å². The fourth-order valence-corrected chi connectivity index (χ4v) is 1.65. The topological polar surface area (TPSA) is 62.1 Å². The molecule has 84 valence electrons. The van der Waals surface area contributed by atoms with Crippen LogP contribution in [0.2, 0.25) is 0 Å². The summed E-state index contributed by atoms with van der Waals surface area (Å²) in [6, 6.07) is 2.08. The molecule has 1 rings (SSSR count). The fraction of sp³-hybridized carbons (Fsp3) is 0.818. The predicted octanol–water partition coefficient (Wildman–Crippen LogP) is 1.36. The van der Waals surface area contributed by atoms with Crippen molar-refractivity contribution in [1.82, 2.24) is 5.32 Å². The van der Waals surface area contributed by atoms with E-state index in [9.17, 15) is 4.79 Å². The van der Waals surface area contributed by atoms with Gasteiger partial charge in [0.1, 0.15) is 6.10 Å². The van der Waals surface area contributed by atoms with Gasteiger partial charge in [-0.05, 0) is 32.6 Å². The second-order valence-electron chi connectivity index (χ2n) is 3.92. The summed E-state index contributed by atoms with van der Waals surface area (Å²) < 4.78 is 5.44. The number of hydrogen-bond acceptors (Lipinski definition) is 3. The molecule has 1 amide bonds. The summed E-state index contributed by atoms with van der Waals surface area (Å²) in [7, 11) is 0. The lowest BCUT2D eigenvalue weighted by molar-refractivity contribution is -0.131. The molecule has 0 bridgehead atoms. The van der Waals surface area contributed by atoms with Crippen molar-refractivity contribution in [2.45, 2.75) is 51.2 Å². The number of nitriles is 1. The molecule has 1 N–H and O–H groups in total. The number of carbonyl (C=O) groups is 1. The minimum absolute atomic E-state index is 0.00342. The number of nitrogens with zero attached hydrogens (tertiary/aromatic N) is 1. The van der Waals surface area contributed by atoms with Gasteiger partial charge in [-0.3, -0.25) is 4.79 Å². The van der Waals surface area contributed by atoms with Gasteiger partial charge in [-0.2, -0.15) is 5.26 Å². The lowest BCUT2D eigenvalue weighted by Crippen LogP contribution is -2.35. The largest absolute Gasteiger partial charge is 0.365 e. The molecule has 4 nitrogen and oxygen atoms in total. The van der Waals surface area contributed by atoms with Crippen LogP contribution in [0, 0.1) is 11.3 Å². The number of carbonyl (C=O) groups excluding carboxylic acids is 1. The molecule has 0 saturated carbocycles. The van der Waals surface area contributed by atoms with Gasteiger partial charge in [0.25, 0.3) is 0 Å². The lowest BCUT2D eigenvalue weighted by Gasteiger charge is -2.11. The van der Waals surface area contributed by atoms with Gasteiger partial charge in [0, 0.05) is 13.0 Å².